The molecule has 1 aromatic heterocycles. The van der Waals surface area contributed by atoms with Crippen LogP contribution in [-0.4, -0.2) is 34.4 Å². The number of aromatic nitrogens is 2. The summed E-state index contributed by atoms with van der Waals surface area (Å²) in [6, 6.07) is 20.0. The minimum Gasteiger partial charge on any atom is -0.486 e. The van der Waals surface area contributed by atoms with Crippen molar-refractivity contribution >= 4 is 16.9 Å². The molecule has 4 aromatic rings. The summed E-state index contributed by atoms with van der Waals surface area (Å²) in [5.41, 5.74) is 6.03. The van der Waals surface area contributed by atoms with Crippen LogP contribution in [0.2, 0.25) is 0 Å². The zero-order chi connectivity index (χ0) is 21.7. The van der Waals surface area contributed by atoms with Crippen molar-refractivity contribution in [1.82, 2.24) is 9.97 Å². The molecule has 2 N–H and O–H groups in total. The van der Waals surface area contributed by atoms with Gasteiger partial charge < -0.3 is 19.9 Å². The average Bonchev–Trinajstić information content (AvgIpc) is 3.13. The molecule has 1 aliphatic carbocycles. The highest BCUT2D eigenvalue weighted by atomic mass is 16.6. The van der Waals surface area contributed by atoms with Gasteiger partial charge in [-0.25, -0.2) is 9.97 Å². The molecule has 0 fully saturated rings. The summed E-state index contributed by atoms with van der Waals surface area (Å²) in [6.45, 7) is 3.10. The number of nitrogens with one attached hydrogen (secondary N) is 1. The van der Waals surface area contributed by atoms with E-state index in [4.69, 9.17) is 19.4 Å². The van der Waals surface area contributed by atoms with Crippen LogP contribution >= 0.6 is 0 Å². The minimum atomic E-state index is -0.499. The van der Waals surface area contributed by atoms with E-state index in [1.54, 1.807) is 0 Å². The Morgan fingerprint density at radius 1 is 0.969 bits per heavy atom. The predicted octanol–water partition coefficient (Wildman–Crippen LogP) is 4.45. The molecule has 2 heterocycles. The summed E-state index contributed by atoms with van der Waals surface area (Å²) >= 11 is 0. The fraction of sp³-hybridized carbons (Fsp3) is 0.231. The van der Waals surface area contributed by atoms with Crippen molar-refractivity contribution in [3.63, 3.8) is 0 Å². The number of aryl methyl sites for hydroxylation is 1. The van der Waals surface area contributed by atoms with E-state index in [-0.39, 0.29) is 6.04 Å². The minimum absolute atomic E-state index is 0.213. The average molecular weight is 425 g/mol. The number of aliphatic hydroxyl groups excluding tert-OH is 1. The van der Waals surface area contributed by atoms with E-state index in [1.165, 1.54) is 0 Å². The molecule has 160 valence electrons. The largest absolute Gasteiger partial charge is 0.486 e. The van der Waals surface area contributed by atoms with Crippen molar-refractivity contribution in [1.29, 1.82) is 0 Å². The van der Waals surface area contributed by atoms with E-state index in [2.05, 4.69) is 23.5 Å². The van der Waals surface area contributed by atoms with Crippen LogP contribution < -0.4 is 14.8 Å². The molecule has 32 heavy (non-hydrogen) atoms. The van der Waals surface area contributed by atoms with Crippen molar-refractivity contribution in [2.45, 2.75) is 25.5 Å². The predicted molar refractivity (Wildman–Crippen MR) is 123 cm³/mol. The standard InChI is InChI=1S/C26H23N3O3/c1-15-20-13-17(19-7-4-8-23-25(19)32-12-11-31-23)9-10-21(20)28-26(27-15)29-24-18-6-3-2-5-16(18)14-22(24)30/h2-10,13,22,24,30H,11-12,14H2,1H3,(H,27,28,29)/t22-,24+/m1/s1. The van der Waals surface area contributed by atoms with Crippen LogP contribution in [0, 0.1) is 6.92 Å². The topological polar surface area (TPSA) is 76.5 Å². The summed E-state index contributed by atoms with van der Waals surface area (Å²) < 4.78 is 11.6. The number of para-hydroxylation sites is 1. The number of ether oxygens (including phenoxy) is 2. The molecule has 6 rings (SSSR count). The van der Waals surface area contributed by atoms with E-state index < -0.39 is 6.10 Å². The number of benzene rings is 3. The maximum atomic E-state index is 10.6. The Hall–Kier alpha value is -3.64. The SMILES string of the molecule is Cc1nc(N[C@H]2c3ccccc3C[C@H]2O)nc2ccc(-c3cccc4c3OCCO4)cc12. The Balaban J connectivity index is 1.36. The van der Waals surface area contributed by atoms with Gasteiger partial charge >= 0.3 is 0 Å². The third-order valence-electron chi connectivity index (χ3n) is 6.25. The van der Waals surface area contributed by atoms with Gasteiger partial charge in [0.2, 0.25) is 5.95 Å². The molecule has 0 bridgehead atoms. The Bertz CT molecular complexity index is 1340. The fourth-order valence-corrected chi connectivity index (χ4v) is 4.70. The molecule has 0 saturated carbocycles. The number of hydrogen-bond acceptors (Lipinski definition) is 6. The highest BCUT2D eigenvalue weighted by Crippen LogP contribution is 2.41. The zero-order valence-electron chi connectivity index (χ0n) is 17.7. The molecule has 0 spiro atoms. The molecule has 0 radical (unpaired) electrons. The van der Waals surface area contributed by atoms with Gasteiger partial charge in [0.05, 0.1) is 23.4 Å². The second kappa shape index (κ2) is 7.50. The van der Waals surface area contributed by atoms with E-state index in [0.29, 0.717) is 25.6 Å². The monoisotopic (exact) mass is 425 g/mol. The number of hydrogen-bond donors (Lipinski definition) is 2. The smallest absolute Gasteiger partial charge is 0.224 e. The molecular formula is C26H23N3O3. The molecule has 6 nitrogen and oxygen atoms in total. The van der Waals surface area contributed by atoms with Crippen LogP contribution in [0.25, 0.3) is 22.0 Å². The lowest BCUT2D eigenvalue weighted by atomic mass is 10.0. The van der Waals surface area contributed by atoms with Gasteiger partial charge in [0.25, 0.3) is 0 Å². The lowest BCUT2D eigenvalue weighted by molar-refractivity contribution is 0.165. The number of aliphatic hydroxyl groups is 1. The van der Waals surface area contributed by atoms with E-state index in [1.807, 2.05) is 49.4 Å². The first-order valence-corrected chi connectivity index (χ1v) is 10.9. The number of rotatable bonds is 3. The van der Waals surface area contributed by atoms with Gasteiger partial charge in [-0.1, -0.05) is 42.5 Å². The van der Waals surface area contributed by atoms with Crippen LogP contribution in [-0.2, 0) is 6.42 Å². The first-order valence-electron chi connectivity index (χ1n) is 10.9. The number of anilines is 1. The van der Waals surface area contributed by atoms with Gasteiger partial charge in [-0.2, -0.15) is 0 Å². The Morgan fingerprint density at radius 3 is 2.78 bits per heavy atom. The van der Waals surface area contributed by atoms with Crippen LogP contribution in [0.1, 0.15) is 22.9 Å². The molecule has 2 aliphatic rings. The van der Waals surface area contributed by atoms with Gasteiger partial charge in [0, 0.05) is 17.4 Å². The fourth-order valence-electron chi connectivity index (χ4n) is 4.70. The highest BCUT2D eigenvalue weighted by molar-refractivity contribution is 5.88. The third-order valence-corrected chi connectivity index (χ3v) is 6.25. The maximum absolute atomic E-state index is 10.6. The molecule has 0 unspecified atom stereocenters. The van der Waals surface area contributed by atoms with Gasteiger partial charge in [-0.3, -0.25) is 0 Å². The maximum Gasteiger partial charge on any atom is 0.224 e. The normalized spacial score (nSPS) is 19.1. The Kier molecular flexibility index (Phi) is 4.47. The summed E-state index contributed by atoms with van der Waals surface area (Å²) in [6.07, 6.45) is 0.137. The van der Waals surface area contributed by atoms with Crippen LogP contribution in [0.5, 0.6) is 11.5 Å². The van der Waals surface area contributed by atoms with E-state index >= 15 is 0 Å². The molecule has 0 saturated heterocycles. The molecule has 3 aromatic carbocycles. The van der Waals surface area contributed by atoms with Gasteiger partial charge in [0.1, 0.15) is 13.2 Å². The van der Waals surface area contributed by atoms with Crippen LogP contribution in [0.3, 0.4) is 0 Å². The van der Waals surface area contributed by atoms with Crippen molar-refractivity contribution < 1.29 is 14.6 Å². The Labute approximate surface area is 185 Å². The highest BCUT2D eigenvalue weighted by Gasteiger charge is 2.31. The second-order valence-corrected chi connectivity index (χ2v) is 8.29. The number of fused-ring (bicyclic) bond motifs is 3. The van der Waals surface area contributed by atoms with Crippen molar-refractivity contribution in [3.05, 3.63) is 77.5 Å². The summed E-state index contributed by atoms with van der Waals surface area (Å²) in [4.78, 5) is 9.45. The summed E-state index contributed by atoms with van der Waals surface area (Å²) in [5, 5.41) is 14.9. The second-order valence-electron chi connectivity index (χ2n) is 8.29. The molecule has 2 atom stereocenters. The first-order chi connectivity index (χ1) is 15.7. The van der Waals surface area contributed by atoms with Gasteiger partial charge in [-0.05, 0) is 41.8 Å². The number of nitrogens with zero attached hydrogens (tertiary/aromatic N) is 2. The first kappa shape index (κ1) is 19.1. The molecule has 0 amide bonds. The van der Waals surface area contributed by atoms with Gasteiger partial charge in [0.15, 0.2) is 11.5 Å². The van der Waals surface area contributed by atoms with Gasteiger partial charge in [-0.15, -0.1) is 0 Å². The molecule has 6 heteroatoms. The van der Waals surface area contributed by atoms with Crippen molar-refractivity contribution in [2.75, 3.05) is 18.5 Å². The van der Waals surface area contributed by atoms with E-state index in [9.17, 15) is 5.11 Å². The lowest BCUT2D eigenvalue weighted by Crippen LogP contribution is -2.22. The molecular weight excluding hydrogens is 402 g/mol. The Morgan fingerprint density at radius 2 is 1.84 bits per heavy atom. The summed E-state index contributed by atoms with van der Waals surface area (Å²) in [7, 11) is 0. The lowest BCUT2D eigenvalue weighted by Gasteiger charge is -2.21. The van der Waals surface area contributed by atoms with Crippen LogP contribution in [0.15, 0.2) is 60.7 Å². The quantitative estimate of drug-likeness (QED) is 0.505. The van der Waals surface area contributed by atoms with Crippen molar-refractivity contribution in [3.8, 4) is 22.6 Å². The zero-order valence-corrected chi connectivity index (χ0v) is 17.7. The molecule has 1 aliphatic heterocycles. The van der Waals surface area contributed by atoms with E-state index in [0.717, 1.165) is 50.3 Å². The van der Waals surface area contributed by atoms with Crippen LogP contribution in [0.4, 0.5) is 5.95 Å². The third kappa shape index (κ3) is 3.15. The summed E-state index contributed by atoms with van der Waals surface area (Å²) in [5.74, 6) is 2.08. The van der Waals surface area contributed by atoms with Crippen molar-refractivity contribution in [2.24, 2.45) is 0 Å².